The quantitative estimate of drug-likeness (QED) is 0.753. The lowest BCUT2D eigenvalue weighted by Crippen LogP contribution is -2.45. The Morgan fingerprint density at radius 3 is 2.28 bits per heavy atom. The molecule has 1 atom stereocenters. The number of nitrogens with one attached hydrogen (secondary N) is 2. The van der Waals surface area contributed by atoms with Gasteiger partial charge < -0.3 is 15.5 Å². The van der Waals surface area contributed by atoms with E-state index in [1.54, 1.807) is 0 Å². The number of hydrogen-bond donors (Lipinski definition) is 2. The molecular weight excluding hydrogens is 226 g/mol. The van der Waals surface area contributed by atoms with Crippen LogP contribution in [0.2, 0.25) is 0 Å². The van der Waals surface area contributed by atoms with Crippen LogP contribution in [0.4, 0.5) is 0 Å². The third-order valence-corrected chi connectivity index (χ3v) is 3.29. The van der Waals surface area contributed by atoms with Crippen molar-refractivity contribution in [2.45, 2.75) is 58.5 Å². The van der Waals surface area contributed by atoms with Gasteiger partial charge in [0, 0.05) is 18.6 Å². The lowest BCUT2D eigenvalue weighted by Gasteiger charge is -2.24. The first-order valence-corrected chi connectivity index (χ1v) is 7.33. The van der Waals surface area contributed by atoms with Gasteiger partial charge in [-0.05, 0) is 46.7 Å². The van der Waals surface area contributed by atoms with Gasteiger partial charge in [0.25, 0.3) is 0 Å². The maximum atomic E-state index is 11.5. The summed E-state index contributed by atoms with van der Waals surface area (Å²) in [4.78, 5) is 14.0. The van der Waals surface area contributed by atoms with E-state index in [2.05, 4.69) is 22.5 Å². The molecule has 1 saturated heterocycles. The highest BCUT2D eigenvalue weighted by atomic mass is 16.1. The highest BCUT2D eigenvalue weighted by Gasteiger charge is 2.13. The van der Waals surface area contributed by atoms with Crippen LogP contribution in [0.3, 0.4) is 0 Å². The number of amides is 1. The smallest absolute Gasteiger partial charge is 0.234 e. The number of carbonyl (C=O) groups is 1. The van der Waals surface area contributed by atoms with Crippen molar-refractivity contribution in [3.05, 3.63) is 0 Å². The molecule has 0 aromatic heterocycles. The highest BCUT2D eigenvalue weighted by molar-refractivity contribution is 5.78. The molecule has 4 heteroatoms. The van der Waals surface area contributed by atoms with Crippen LogP contribution >= 0.6 is 0 Å². The van der Waals surface area contributed by atoms with Gasteiger partial charge in [0.2, 0.25) is 5.91 Å². The summed E-state index contributed by atoms with van der Waals surface area (Å²) in [5.41, 5.74) is 0. The van der Waals surface area contributed by atoms with Crippen molar-refractivity contribution >= 4 is 5.91 Å². The zero-order valence-electron chi connectivity index (χ0n) is 12.2. The van der Waals surface area contributed by atoms with E-state index >= 15 is 0 Å². The second-order valence-corrected chi connectivity index (χ2v) is 5.72. The van der Waals surface area contributed by atoms with Crippen LogP contribution in [-0.4, -0.2) is 49.1 Å². The molecule has 1 amide bonds. The van der Waals surface area contributed by atoms with E-state index in [-0.39, 0.29) is 11.9 Å². The lowest BCUT2D eigenvalue weighted by molar-refractivity contribution is -0.120. The molecule has 0 unspecified atom stereocenters. The number of nitrogens with zero attached hydrogens (tertiary/aromatic N) is 1. The van der Waals surface area contributed by atoms with Gasteiger partial charge >= 0.3 is 0 Å². The van der Waals surface area contributed by atoms with Crippen LogP contribution in [0.1, 0.15) is 46.5 Å². The molecule has 0 bridgehead atoms. The fraction of sp³-hybridized carbons (Fsp3) is 0.929. The Morgan fingerprint density at radius 2 is 1.72 bits per heavy atom. The summed E-state index contributed by atoms with van der Waals surface area (Å²) in [6.45, 7) is 10.0. The molecule has 2 N–H and O–H groups in total. The van der Waals surface area contributed by atoms with Crippen LogP contribution in [0.25, 0.3) is 0 Å². The predicted octanol–water partition coefficient (Wildman–Crippen LogP) is 1.37. The number of carbonyl (C=O) groups excluding carboxylic acids is 1. The van der Waals surface area contributed by atoms with Gasteiger partial charge in [0.05, 0.1) is 6.54 Å². The van der Waals surface area contributed by atoms with Crippen LogP contribution in [0, 0.1) is 0 Å². The SMILES string of the molecule is CC(C)NC(=O)CN[C@H](C)CN1CCCCCC1. The standard InChI is InChI=1S/C14H29N3O/c1-12(2)16-14(18)10-15-13(3)11-17-8-6-4-5-7-9-17/h12-13,15H,4-11H2,1-3H3,(H,16,18)/t13-/m1/s1. The molecule has 1 aliphatic heterocycles. The van der Waals surface area contributed by atoms with Crippen molar-refractivity contribution in [3.63, 3.8) is 0 Å². The molecule has 0 aliphatic carbocycles. The Bertz CT molecular complexity index is 235. The van der Waals surface area contributed by atoms with E-state index in [9.17, 15) is 4.79 Å². The summed E-state index contributed by atoms with van der Waals surface area (Å²) in [6, 6.07) is 0.598. The monoisotopic (exact) mass is 255 g/mol. The molecule has 0 aromatic carbocycles. The third kappa shape index (κ3) is 6.97. The summed E-state index contributed by atoms with van der Waals surface area (Å²) in [6.07, 6.45) is 5.38. The molecule has 1 rings (SSSR count). The van der Waals surface area contributed by atoms with E-state index in [0.717, 1.165) is 6.54 Å². The molecule has 0 spiro atoms. The molecular formula is C14H29N3O. The van der Waals surface area contributed by atoms with E-state index in [1.807, 2.05) is 13.8 Å². The maximum Gasteiger partial charge on any atom is 0.234 e. The van der Waals surface area contributed by atoms with Gasteiger partial charge in [-0.15, -0.1) is 0 Å². The number of rotatable bonds is 6. The molecule has 0 saturated carbocycles. The molecule has 18 heavy (non-hydrogen) atoms. The minimum absolute atomic E-state index is 0.0905. The molecule has 1 fully saturated rings. The lowest BCUT2D eigenvalue weighted by atomic mass is 10.2. The number of hydrogen-bond acceptors (Lipinski definition) is 3. The van der Waals surface area contributed by atoms with E-state index in [0.29, 0.717) is 12.6 Å². The van der Waals surface area contributed by atoms with Gasteiger partial charge in [0.1, 0.15) is 0 Å². The van der Waals surface area contributed by atoms with E-state index in [1.165, 1.54) is 38.8 Å². The zero-order chi connectivity index (χ0) is 13.4. The third-order valence-electron chi connectivity index (χ3n) is 3.29. The topological polar surface area (TPSA) is 44.4 Å². The largest absolute Gasteiger partial charge is 0.353 e. The first kappa shape index (κ1) is 15.4. The van der Waals surface area contributed by atoms with Crippen molar-refractivity contribution in [3.8, 4) is 0 Å². The molecule has 106 valence electrons. The first-order chi connectivity index (χ1) is 8.58. The van der Waals surface area contributed by atoms with Gasteiger partial charge in [-0.25, -0.2) is 0 Å². The summed E-state index contributed by atoms with van der Waals surface area (Å²) >= 11 is 0. The van der Waals surface area contributed by atoms with Crippen molar-refractivity contribution in [2.75, 3.05) is 26.2 Å². The van der Waals surface area contributed by atoms with Crippen LogP contribution in [0.15, 0.2) is 0 Å². The minimum atomic E-state index is 0.0905. The number of likely N-dealkylation sites (tertiary alicyclic amines) is 1. The average Bonchev–Trinajstić information content (AvgIpc) is 2.54. The van der Waals surface area contributed by atoms with Crippen LogP contribution in [0.5, 0.6) is 0 Å². The van der Waals surface area contributed by atoms with Gasteiger partial charge in [0.15, 0.2) is 0 Å². The Hall–Kier alpha value is -0.610. The molecule has 0 aromatic rings. The second kappa shape index (κ2) is 8.48. The summed E-state index contributed by atoms with van der Waals surface area (Å²) in [5.74, 6) is 0.0905. The Balaban J connectivity index is 2.15. The van der Waals surface area contributed by atoms with Crippen molar-refractivity contribution in [1.82, 2.24) is 15.5 Å². The normalized spacial score (nSPS) is 19.6. The van der Waals surface area contributed by atoms with E-state index < -0.39 is 0 Å². The average molecular weight is 255 g/mol. The highest BCUT2D eigenvalue weighted by Crippen LogP contribution is 2.09. The maximum absolute atomic E-state index is 11.5. The molecule has 0 radical (unpaired) electrons. The Kier molecular flexibility index (Phi) is 7.28. The van der Waals surface area contributed by atoms with Gasteiger partial charge in [-0.1, -0.05) is 12.8 Å². The van der Waals surface area contributed by atoms with Gasteiger partial charge in [-0.3, -0.25) is 4.79 Å². The molecule has 4 nitrogen and oxygen atoms in total. The Labute approximate surface area is 111 Å². The predicted molar refractivity (Wildman–Crippen MR) is 75.7 cm³/mol. The first-order valence-electron chi connectivity index (χ1n) is 7.33. The van der Waals surface area contributed by atoms with Crippen molar-refractivity contribution in [2.24, 2.45) is 0 Å². The van der Waals surface area contributed by atoms with Crippen molar-refractivity contribution in [1.29, 1.82) is 0 Å². The second-order valence-electron chi connectivity index (χ2n) is 5.72. The molecule has 1 aliphatic rings. The minimum Gasteiger partial charge on any atom is -0.353 e. The summed E-state index contributed by atoms with van der Waals surface area (Å²) in [7, 11) is 0. The zero-order valence-corrected chi connectivity index (χ0v) is 12.2. The van der Waals surface area contributed by atoms with Gasteiger partial charge in [-0.2, -0.15) is 0 Å². The fourth-order valence-corrected chi connectivity index (χ4v) is 2.41. The summed E-state index contributed by atoms with van der Waals surface area (Å²) in [5, 5.41) is 6.20. The van der Waals surface area contributed by atoms with E-state index in [4.69, 9.17) is 0 Å². The molecule has 1 heterocycles. The van der Waals surface area contributed by atoms with Crippen molar-refractivity contribution < 1.29 is 4.79 Å². The van der Waals surface area contributed by atoms with Crippen LogP contribution in [-0.2, 0) is 4.79 Å². The van der Waals surface area contributed by atoms with Crippen LogP contribution < -0.4 is 10.6 Å². The fourth-order valence-electron chi connectivity index (χ4n) is 2.41. The summed E-state index contributed by atoms with van der Waals surface area (Å²) < 4.78 is 0. The Morgan fingerprint density at radius 1 is 1.11 bits per heavy atom.